The summed E-state index contributed by atoms with van der Waals surface area (Å²) in [7, 11) is 2.19. The third-order valence-corrected chi connectivity index (χ3v) is 3.58. The van der Waals surface area contributed by atoms with Gasteiger partial charge in [-0.2, -0.15) is 0 Å². The molecule has 0 amide bonds. The van der Waals surface area contributed by atoms with E-state index in [1.54, 1.807) is 0 Å². The summed E-state index contributed by atoms with van der Waals surface area (Å²) in [6.45, 7) is 2.61. The Morgan fingerprint density at radius 2 is 2.17 bits per heavy atom. The number of ether oxygens (including phenoxy) is 1. The monoisotopic (exact) mass is 170 g/mol. The van der Waals surface area contributed by atoms with Crippen molar-refractivity contribution in [1.29, 1.82) is 0 Å². The van der Waals surface area contributed by atoms with Crippen molar-refractivity contribution in [3.63, 3.8) is 0 Å². The minimum atomic E-state index is 0.328. The van der Waals surface area contributed by atoms with Crippen molar-refractivity contribution in [2.75, 3.05) is 26.8 Å². The van der Waals surface area contributed by atoms with Crippen LogP contribution in [0.2, 0.25) is 0 Å². The van der Waals surface area contributed by atoms with Crippen molar-refractivity contribution in [2.24, 2.45) is 5.73 Å². The van der Waals surface area contributed by atoms with E-state index in [4.69, 9.17) is 10.5 Å². The van der Waals surface area contributed by atoms with Crippen molar-refractivity contribution < 1.29 is 4.74 Å². The zero-order chi connectivity index (χ0) is 8.60. The van der Waals surface area contributed by atoms with Crippen LogP contribution in [0, 0.1) is 0 Å². The Bertz CT molecular complexity index is 158. The molecule has 1 aliphatic carbocycles. The lowest BCUT2D eigenvalue weighted by Crippen LogP contribution is -2.64. The molecule has 1 saturated heterocycles. The van der Waals surface area contributed by atoms with Gasteiger partial charge in [-0.3, -0.25) is 4.90 Å². The predicted octanol–water partition coefficient (Wildman–Crippen LogP) is 0.198. The second kappa shape index (κ2) is 2.98. The summed E-state index contributed by atoms with van der Waals surface area (Å²) in [5.41, 5.74) is 6.13. The Morgan fingerprint density at radius 1 is 1.50 bits per heavy atom. The summed E-state index contributed by atoms with van der Waals surface area (Å²) in [5.74, 6) is 0. The highest BCUT2D eigenvalue weighted by Gasteiger charge is 2.43. The average molecular weight is 170 g/mol. The first-order chi connectivity index (χ1) is 5.78. The van der Waals surface area contributed by atoms with Crippen molar-refractivity contribution in [2.45, 2.75) is 30.8 Å². The van der Waals surface area contributed by atoms with E-state index in [1.807, 2.05) is 0 Å². The van der Waals surface area contributed by atoms with Gasteiger partial charge in [0.2, 0.25) is 0 Å². The van der Waals surface area contributed by atoms with E-state index < -0.39 is 0 Å². The van der Waals surface area contributed by atoms with Gasteiger partial charge in [-0.05, 0) is 26.3 Å². The molecular formula is C9H18N2O. The van der Waals surface area contributed by atoms with E-state index in [9.17, 15) is 0 Å². The molecule has 2 N–H and O–H groups in total. The molecule has 1 saturated carbocycles. The van der Waals surface area contributed by atoms with Crippen LogP contribution >= 0.6 is 0 Å². The predicted molar refractivity (Wildman–Crippen MR) is 48.0 cm³/mol. The van der Waals surface area contributed by atoms with Gasteiger partial charge in [0.25, 0.3) is 0 Å². The van der Waals surface area contributed by atoms with Gasteiger partial charge in [0.05, 0.1) is 19.3 Å². The van der Waals surface area contributed by atoms with Gasteiger partial charge in [0, 0.05) is 12.1 Å². The average Bonchev–Trinajstić information content (AvgIpc) is 1.81. The zero-order valence-electron chi connectivity index (χ0n) is 7.75. The van der Waals surface area contributed by atoms with Crippen molar-refractivity contribution in [1.82, 2.24) is 4.90 Å². The Hall–Kier alpha value is -0.120. The van der Waals surface area contributed by atoms with E-state index in [-0.39, 0.29) is 0 Å². The van der Waals surface area contributed by atoms with E-state index in [0.29, 0.717) is 11.6 Å². The Labute approximate surface area is 73.9 Å². The van der Waals surface area contributed by atoms with E-state index in [2.05, 4.69) is 11.9 Å². The molecule has 70 valence electrons. The van der Waals surface area contributed by atoms with Crippen LogP contribution in [0.15, 0.2) is 0 Å². The Morgan fingerprint density at radius 3 is 2.42 bits per heavy atom. The van der Waals surface area contributed by atoms with Crippen molar-refractivity contribution >= 4 is 0 Å². The van der Waals surface area contributed by atoms with Crippen LogP contribution in [-0.4, -0.2) is 43.3 Å². The van der Waals surface area contributed by atoms with Gasteiger partial charge in [-0.15, -0.1) is 0 Å². The first kappa shape index (κ1) is 8.48. The van der Waals surface area contributed by atoms with Crippen LogP contribution in [0.4, 0.5) is 0 Å². The molecule has 2 fully saturated rings. The van der Waals surface area contributed by atoms with Crippen LogP contribution in [0.1, 0.15) is 19.3 Å². The van der Waals surface area contributed by atoms with Gasteiger partial charge >= 0.3 is 0 Å². The molecule has 0 bridgehead atoms. The highest BCUT2D eigenvalue weighted by atomic mass is 16.5. The molecule has 0 radical (unpaired) electrons. The molecule has 2 rings (SSSR count). The molecule has 0 aromatic heterocycles. The quantitative estimate of drug-likeness (QED) is 0.657. The standard InChI is InChI=1S/C9H18N2O/c1-11(8-5-12-6-8)9(7-10)3-2-4-9/h8H,2-7,10H2,1H3. The molecule has 0 atom stereocenters. The largest absolute Gasteiger partial charge is 0.378 e. The highest BCUT2D eigenvalue weighted by Crippen LogP contribution is 2.37. The second-order valence-corrected chi connectivity index (χ2v) is 4.08. The van der Waals surface area contributed by atoms with Gasteiger partial charge < -0.3 is 10.5 Å². The summed E-state index contributed by atoms with van der Waals surface area (Å²) in [6.07, 6.45) is 3.89. The maximum absolute atomic E-state index is 5.80. The van der Waals surface area contributed by atoms with E-state index >= 15 is 0 Å². The Kier molecular flexibility index (Phi) is 2.10. The number of nitrogens with two attached hydrogens (primary N) is 1. The van der Waals surface area contributed by atoms with Crippen LogP contribution in [0.3, 0.4) is 0 Å². The molecule has 3 heteroatoms. The number of nitrogens with zero attached hydrogens (tertiary/aromatic N) is 1. The lowest BCUT2D eigenvalue weighted by atomic mass is 9.75. The van der Waals surface area contributed by atoms with Crippen LogP contribution in [0.5, 0.6) is 0 Å². The molecule has 3 nitrogen and oxygen atoms in total. The first-order valence-corrected chi connectivity index (χ1v) is 4.79. The fourth-order valence-corrected chi connectivity index (χ4v) is 2.12. The van der Waals surface area contributed by atoms with E-state index in [0.717, 1.165) is 19.8 Å². The number of rotatable bonds is 3. The molecule has 0 aromatic carbocycles. The number of hydrogen-bond acceptors (Lipinski definition) is 3. The fourth-order valence-electron chi connectivity index (χ4n) is 2.12. The zero-order valence-corrected chi connectivity index (χ0v) is 7.75. The molecule has 1 heterocycles. The van der Waals surface area contributed by atoms with Crippen molar-refractivity contribution in [3.8, 4) is 0 Å². The minimum Gasteiger partial charge on any atom is -0.378 e. The molecule has 2 aliphatic rings. The summed E-state index contributed by atoms with van der Waals surface area (Å²) < 4.78 is 5.18. The summed E-state index contributed by atoms with van der Waals surface area (Å²) in [6, 6.07) is 0.633. The molecule has 0 aromatic rings. The lowest BCUT2D eigenvalue weighted by molar-refractivity contribution is -0.110. The van der Waals surface area contributed by atoms with Gasteiger partial charge in [-0.1, -0.05) is 0 Å². The maximum Gasteiger partial charge on any atom is 0.0645 e. The topological polar surface area (TPSA) is 38.5 Å². The summed E-state index contributed by atoms with van der Waals surface area (Å²) in [4.78, 5) is 2.44. The minimum absolute atomic E-state index is 0.328. The second-order valence-electron chi connectivity index (χ2n) is 4.08. The van der Waals surface area contributed by atoms with Crippen LogP contribution < -0.4 is 5.73 Å². The third-order valence-electron chi connectivity index (χ3n) is 3.58. The number of hydrogen-bond donors (Lipinski definition) is 1. The highest BCUT2D eigenvalue weighted by molar-refractivity contribution is 5.00. The third kappa shape index (κ3) is 1.08. The normalized spacial score (nSPS) is 28.2. The summed E-state index contributed by atoms with van der Waals surface area (Å²) >= 11 is 0. The number of likely N-dealkylation sites (N-methyl/N-ethyl adjacent to an activating group) is 1. The lowest BCUT2D eigenvalue weighted by Gasteiger charge is -2.53. The molecule has 0 spiro atoms. The van der Waals surface area contributed by atoms with Gasteiger partial charge in [-0.25, -0.2) is 0 Å². The molecule has 12 heavy (non-hydrogen) atoms. The molecule has 0 unspecified atom stereocenters. The Balaban J connectivity index is 1.95. The van der Waals surface area contributed by atoms with Gasteiger partial charge in [0.15, 0.2) is 0 Å². The van der Waals surface area contributed by atoms with Crippen LogP contribution in [0.25, 0.3) is 0 Å². The fraction of sp³-hybridized carbons (Fsp3) is 1.00. The molecule has 1 aliphatic heterocycles. The van der Waals surface area contributed by atoms with Gasteiger partial charge in [0.1, 0.15) is 0 Å². The van der Waals surface area contributed by atoms with E-state index in [1.165, 1.54) is 19.3 Å². The SMILES string of the molecule is CN(C1COC1)C1(CN)CCC1. The van der Waals surface area contributed by atoms with Crippen molar-refractivity contribution in [3.05, 3.63) is 0 Å². The first-order valence-electron chi connectivity index (χ1n) is 4.79. The summed E-state index contributed by atoms with van der Waals surface area (Å²) in [5, 5.41) is 0. The maximum atomic E-state index is 5.80. The van der Waals surface area contributed by atoms with Crippen LogP contribution in [-0.2, 0) is 4.74 Å². The smallest absolute Gasteiger partial charge is 0.0645 e. The molecular weight excluding hydrogens is 152 g/mol.